The summed E-state index contributed by atoms with van der Waals surface area (Å²) in [6.07, 6.45) is 0.672. The molecular weight excluding hydrogens is 252 g/mol. The van der Waals surface area contributed by atoms with Crippen molar-refractivity contribution in [2.75, 3.05) is 6.61 Å². The van der Waals surface area contributed by atoms with Gasteiger partial charge in [-0.3, -0.25) is 4.79 Å². The monoisotopic (exact) mass is 270 g/mol. The summed E-state index contributed by atoms with van der Waals surface area (Å²) in [5.41, 5.74) is 2.62. The van der Waals surface area contributed by atoms with Gasteiger partial charge in [-0.1, -0.05) is 19.1 Å². The summed E-state index contributed by atoms with van der Waals surface area (Å²) in [6, 6.07) is 9.07. The molecule has 4 nitrogen and oxygen atoms in total. The number of para-hydroxylation sites is 1. The fraction of sp³-hybridized carbons (Fsp3) is 0.312. The lowest BCUT2D eigenvalue weighted by atomic mass is 10.00. The molecule has 0 N–H and O–H groups in total. The number of carbonyl (C=O) groups excluding carboxylic acids is 1. The van der Waals surface area contributed by atoms with Crippen LogP contribution in [-0.4, -0.2) is 22.6 Å². The molecule has 0 fully saturated rings. The van der Waals surface area contributed by atoms with Crippen molar-refractivity contribution in [3.63, 3.8) is 0 Å². The van der Waals surface area contributed by atoms with Gasteiger partial charge in [0.1, 0.15) is 5.75 Å². The Balaban J connectivity index is 2.49. The molecule has 4 heteroatoms. The van der Waals surface area contributed by atoms with Gasteiger partial charge in [-0.25, -0.2) is 0 Å². The number of aromatic nitrogens is 2. The van der Waals surface area contributed by atoms with Crippen molar-refractivity contribution in [2.45, 2.75) is 27.2 Å². The molecule has 0 amide bonds. The van der Waals surface area contributed by atoms with Crippen molar-refractivity contribution in [1.29, 1.82) is 0 Å². The molecule has 0 aliphatic carbocycles. The van der Waals surface area contributed by atoms with Crippen LogP contribution in [0.2, 0.25) is 0 Å². The maximum absolute atomic E-state index is 12.7. The number of rotatable bonds is 5. The Morgan fingerprint density at radius 2 is 1.90 bits per heavy atom. The van der Waals surface area contributed by atoms with E-state index in [1.54, 1.807) is 12.1 Å². The lowest BCUT2D eigenvalue weighted by Crippen LogP contribution is -2.10. The van der Waals surface area contributed by atoms with Crippen LogP contribution in [-0.2, 0) is 6.42 Å². The fourth-order valence-corrected chi connectivity index (χ4v) is 2.05. The molecule has 0 saturated carbocycles. The Morgan fingerprint density at radius 1 is 1.15 bits per heavy atom. The molecule has 0 spiro atoms. The van der Waals surface area contributed by atoms with Gasteiger partial charge in [0, 0.05) is 5.56 Å². The molecule has 1 heterocycles. The summed E-state index contributed by atoms with van der Waals surface area (Å²) in [6.45, 7) is 6.22. The van der Waals surface area contributed by atoms with Gasteiger partial charge >= 0.3 is 0 Å². The molecule has 0 saturated heterocycles. The number of hydrogen-bond acceptors (Lipinski definition) is 4. The van der Waals surface area contributed by atoms with Gasteiger partial charge < -0.3 is 4.74 Å². The van der Waals surface area contributed by atoms with Crippen LogP contribution in [0.4, 0.5) is 0 Å². The Kier molecular flexibility index (Phi) is 4.45. The van der Waals surface area contributed by atoms with E-state index < -0.39 is 0 Å². The van der Waals surface area contributed by atoms with Crippen molar-refractivity contribution < 1.29 is 9.53 Å². The average molecular weight is 270 g/mol. The van der Waals surface area contributed by atoms with Crippen LogP contribution in [0.1, 0.15) is 41.2 Å². The zero-order valence-corrected chi connectivity index (χ0v) is 12.0. The standard InChI is InChI=1S/C16H18N2O2/c1-4-14-13(10-11(3)17-18-14)16(19)12-8-6-7-9-15(12)20-5-2/h6-10H,4-5H2,1-3H3. The molecule has 0 bridgehead atoms. The maximum atomic E-state index is 12.7. The molecule has 104 valence electrons. The number of carbonyl (C=O) groups is 1. The van der Waals surface area contributed by atoms with Crippen LogP contribution in [0.5, 0.6) is 5.75 Å². The number of ether oxygens (including phenoxy) is 1. The van der Waals surface area contributed by atoms with Crippen LogP contribution in [0, 0.1) is 6.92 Å². The smallest absolute Gasteiger partial charge is 0.198 e. The van der Waals surface area contributed by atoms with Crippen LogP contribution < -0.4 is 4.74 Å². The topological polar surface area (TPSA) is 52.1 Å². The second kappa shape index (κ2) is 6.28. The SMILES string of the molecule is CCOc1ccccc1C(=O)c1cc(C)nnc1CC. The first kappa shape index (κ1) is 14.2. The summed E-state index contributed by atoms with van der Waals surface area (Å²) in [5.74, 6) is 0.542. The van der Waals surface area contributed by atoms with Crippen molar-refractivity contribution in [3.05, 3.63) is 52.8 Å². The third-order valence-electron chi connectivity index (χ3n) is 3.00. The molecule has 0 unspecified atom stereocenters. The average Bonchev–Trinajstić information content (AvgIpc) is 2.47. The van der Waals surface area contributed by atoms with E-state index in [0.29, 0.717) is 35.6 Å². The highest BCUT2D eigenvalue weighted by Crippen LogP contribution is 2.23. The number of benzene rings is 1. The number of aryl methyl sites for hydroxylation is 2. The lowest BCUT2D eigenvalue weighted by Gasteiger charge is -2.11. The molecular formula is C16H18N2O2. The van der Waals surface area contributed by atoms with E-state index in [4.69, 9.17) is 4.74 Å². The van der Waals surface area contributed by atoms with Gasteiger partial charge in [0.05, 0.1) is 23.6 Å². The van der Waals surface area contributed by atoms with Crippen LogP contribution >= 0.6 is 0 Å². The third kappa shape index (κ3) is 2.85. The molecule has 0 aliphatic heterocycles. The van der Waals surface area contributed by atoms with E-state index in [-0.39, 0.29) is 5.78 Å². The van der Waals surface area contributed by atoms with Crippen molar-refractivity contribution >= 4 is 5.78 Å². The van der Waals surface area contributed by atoms with Gasteiger partial charge in [0.2, 0.25) is 0 Å². The molecule has 0 aliphatic rings. The molecule has 1 aromatic heterocycles. The van der Waals surface area contributed by atoms with E-state index in [1.807, 2.05) is 39.0 Å². The first-order valence-corrected chi connectivity index (χ1v) is 6.77. The van der Waals surface area contributed by atoms with E-state index in [1.165, 1.54) is 0 Å². The second-order valence-electron chi connectivity index (χ2n) is 4.46. The van der Waals surface area contributed by atoms with Crippen molar-refractivity contribution in [1.82, 2.24) is 10.2 Å². The minimum absolute atomic E-state index is 0.0658. The summed E-state index contributed by atoms with van der Waals surface area (Å²) in [7, 11) is 0. The number of nitrogens with zero attached hydrogens (tertiary/aromatic N) is 2. The molecule has 20 heavy (non-hydrogen) atoms. The zero-order valence-electron chi connectivity index (χ0n) is 12.0. The van der Waals surface area contributed by atoms with E-state index >= 15 is 0 Å². The first-order chi connectivity index (χ1) is 9.67. The van der Waals surface area contributed by atoms with Gasteiger partial charge in [0.25, 0.3) is 0 Å². The minimum Gasteiger partial charge on any atom is -0.493 e. The van der Waals surface area contributed by atoms with Crippen LogP contribution in [0.3, 0.4) is 0 Å². The van der Waals surface area contributed by atoms with E-state index in [0.717, 1.165) is 5.69 Å². The van der Waals surface area contributed by atoms with Crippen molar-refractivity contribution in [3.8, 4) is 5.75 Å². The van der Waals surface area contributed by atoms with Crippen molar-refractivity contribution in [2.24, 2.45) is 0 Å². The Morgan fingerprint density at radius 3 is 2.60 bits per heavy atom. The summed E-state index contributed by atoms with van der Waals surface area (Å²) >= 11 is 0. The van der Waals surface area contributed by atoms with Gasteiger partial charge in [-0.15, -0.1) is 0 Å². The Labute approximate surface area is 118 Å². The highest BCUT2D eigenvalue weighted by molar-refractivity contribution is 6.11. The predicted octanol–water partition coefficient (Wildman–Crippen LogP) is 2.98. The first-order valence-electron chi connectivity index (χ1n) is 6.77. The molecule has 0 radical (unpaired) electrons. The van der Waals surface area contributed by atoms with Gasteiger partial charge in [0.15, 0.2) is 5.78 Å². The summed E-state index contributed by atoms with van der Waals surface area (Å²) < 4.78 is 5.53. The lowest BCUT2D eigenvalue weighted by molar-refractivity contribution is 0.103. The highest BCUT2D eigenvalue weighted by Gasteiger charge is 2.18. The highest BCUT2D eigenvalue weighted by atomic mass is 16.5. The summed E-state index contributed by atoms with van der Waals surface area (Å²) in [5, 5.41) is 8.12. The van der Waals surface area contributed by atoms with Crippen LogP contribution in [0.25, 0.3) is 0 Å². The normalized spacial score (nSPS) is 10.3. The Hall–Kier alpha value is -2.23. The van der Waals surface area contributed by atoms with Gasteiger partial charge in [-0.2, -0.15) is 10.2 Å². The number of ketones is 1. The fourth-order valence-electron chi connectivity index (χ4n) is 2.05. The predicted molar refractivity (Wildman–Crippen MR) is 77.2 cm³/mol. The molecule has 2 rings (SSSR count). The molecule has 2 aromatic rings. The number of hydrogen-bond donors (Lipinski definition) is 0. The van der Waals surface area contributed by atoms with E-state index in [2.05, 4.69) is 10.2 Å². The Bertz CT molecular complexity index is 624. The molecule has 0 atom stereocenters. The minimum atomic E-state index is -0.0658. The zero-order chi connectivity index (χ0) is 14.5. The molecule has 1 aromatic carbocycles. The van der Waals surface area contributed by atoms with E-state index in [9.17, 15) is 4.79 Å². The van der Waals surface area contributed by atoms with Gasteiger partial charge in [-0.05, 0) is 38.5 Å². The largest absolute Gasteiger partial charge is 0.493 e. The second-order valence-corrected chi connectivity index (χ2v) is 4.46. The van der Waals surface area contributed by atoms with Crippen LogP contribution in [0.15, 0.2) is 30.3 Å². The quantitative estimate of drug-likeness (QED) is 0.784. The maximum Gasteiger partial charge on any atom is 0.198 e. The third-order valence-corrected chi connectivity index (χ3v) is 3.00. The summed E-state index contributed by atoms with van der Waals surface area (Å²) in [4.78, 5) is 12.7.